The molecule has 14 heteroatoms. The number of benzene rings is 1. The number of thiazole rings is 1. The normalized spacial score (nSPS) is 15.8. The Kier molecular flexibility index (Phi) is 7.48. The van der Waals surface area contributed by atoms with Crippen LogP contribution in [0.1, 0.15) is 28.9 Å². The number of aryl methyl sites for hydroxylation is 1. The Hall–Kier alpha value is -4.04. The van der Waals surface area contributed by atoms with Crippen LogP contribution in [0.15, 0.2) is 48.2 Å². The standard InChI is InChI=1S/C25H25F3N8O2S/c1-35-20(7-9-32-35)38-19-5-4-17(22(21(19)25(26,27)28)36-10-2-3-15(11-29)13-36)33-23(37)18-14-39-24(34-18)16-6-8-30-31-12-16/h4-9,12,14-15H,2-3,10-11,13,29H2,1H3,(H,33,37)/t15-/m0/s1. The van der Waals surface area contributed by atoms with Gasteiger partial charge in [0.05, 0.1) is 30.0 Å². The fourth-order valence-electron chi connectivity index (χ4n) is 4.51. The van der Waals surface area contributed by atoms with Crippen LogP contribution in [0.4, 0.5) is 24.5 Å². The zero-order chi connectivity index (χ0) is 27.6. The molecule has 1 saturated heterocycles. The van der Waals surface area contributed by atoms with E-state index in [9.17, 15) is 18.0 Å². The van der Waals surface area contributed by atoms with E-state index in [1.807, 2.05) is 0 Å². The maximum Gasteiger partial charge on any atom is 0.422 e. The van der Waals surface area contributed by atoms with Crippen molar-refractivity contribution < 1.29 is 22.7 Å². The van der Waals surface area contributed by atoms with Crippen molar-refractivity contribution in [2.45, 2.75) is 19.0 Å². The Balaban J connectivity index is 1.55. The van der Waals surface area contributed by atoms with E-state index in [0.717, 1.165) is 6.42 Å². The lowest BCUT2D eigenvalue weighted by atomic mass is 9.96. The highest BCUT2D eigenvalue weighted by Gasteiger charge is 2.41. The highest BCUT2D eigenvalue weighted by atomic mass is 32.1. The summed E-state index contributed by atoms with van der Waals surface area (Å²) < 4.78 is 51.2. The SMILES string of the molecule is Cn1nccc1Oc1ccc(NC(=O)c2csc(-c3ccnnc3)n2)c(N2CCC[C@@H](CN)C2)c1C(F)(F)F. The maximum atomic E-state index is 14.7. The molecule has 1 amide bonds. The monoisotopic (exact) mass is 558 g/mol. The summed E-state index contributed by atoms with van der Waals surface area (Å²) in [5.74, 6) is -0.876. The van der Waals surface area contributed by atoms with Gasteiger partial charge in [-0.05, 0) is 43.5 Å². The van der Waals surface area contributed by atoms with Gasteiger partial charge in [-0.3, -0.25) is 4.79 Å². The smallest absolute Gasteiger partial charge is 0.422 e. The summed E-state index contributed by atoms with van der Waals surface area (Å²) in [5.41, 5.74) is 5.48. The van der Waals surface area contributed by atoms with Gasteiger partial charge < -0.3 is 20.7 Å². The predicted molar refractivity (Wildman–Crippen MR) is 140 cm³/mol. The first-order valence-corrected chi connectivity index (χ1v) is 13.0. The number of alkyl halides is 3. The lowest BCUT2D eigenvalue weighted by Gasteiger charge is -2.37. The molecule has 39 heavy (non-hydrogen) atoms. The molecule has 1 atom stereocenters. The molecule has 0 aliphatic carbocycles. The van der Waals surface area contributed by atoms with Crippen LogP contribution in [-0.2, 0) is 13.2 Å². The molecular weight excluding hydrogens is 533 g/mol. The van der Waals surface area contributed by atoms with Crippen LogP contribution in [0.25, 0.3) is 10.6 Å². The first-order valence-electron chi connectivity index (χ1n) is 12.1. The molecule has 0 radical (unpaired) electrons. The van der Waals surface area contributed by atoms with E-state index in [0.29, 0.717) is 36.6 Å². The molecule has 1 aliphatic rings. The molecular formula is C25H25F3N8O2S. The molecule has 0 unspecified atom stereocenters. The molecule has 1 aromatic carbocycles. The molecule has 4 heterocycles. The second-order valence-electron chi connectivity index (χ2n) is 9.04. The lowest BCUT2D eigenvalue weighted by Crippen LogP contribution is -2.40. The highest BCUT2D eigenvalue weighted by Crippen LogP contribution is 2.48. The Morgan fingerprint density at radius 2 is 2.08 bits per heavy atom. The number of rotatable bonds is 7. The Morgan fingerprint density at radius 3 is 2.77 bits per heavy atom. The van der Waals surface area contributed by atoms with Crippen molar-refractivity contribution in [1.29, 1.82) is 0 Å². The Morgan fingerprint density at radius 1 is 1.23 bits per heavy atom. The number of carbonyl (C=O) groups is 1. The minimum atomic E-state index is -4.79. The van der Waals surface area contributed by atoms with Crippen molar-refractivity contribution in [2.75, 3.05) is 29.9 Å². The molecule has 5 rings (SSSR count). The summed E-state index contributed by atoms with van der Waals surface area (Å²) in [6.07, 6.45) is 1.13. The van der Waals surface area contributed by atoms with E-state index in [2.05, 4.69) is 25.6 Å². The lowest BCUT2D eigenvalue weighted by molar-refractivity contribution is -0.138. The number of aromatic nitrogens is 5. The van der Waals surface area contributed by atoms with Crippen molar-refractivity contribution in [1.82, 2.24) is 25.0 Å². The minimum absolute atomic E-state index is 0.00230. The number of carbonyl (C=O) groups excluding carboxylic acids is 1. The number of amides is 1. The molecule has 1 aliphatic heterocycles. The quantitative estimate of drug-likeness (QED) is 0.338. The average Bonchev–Trinajstić information content (AvgIpc) is 3.59. The number of nitrogens with two attached hydrogens (primary N) is 1. The number of ether oxygens (including phenoxy) is 1. The molecule has 0 saturated carbocycles. The number of halogens is 3. The van der Waals surface area contributed by atoms with Crippen LogP contribution in [0.5, 0.6) is 11.6 Å². The zero-order valence-corrected chi connectivity index (χ0v) is 21.7. The number of nitrogens with one attached hydrogen (secondary N) is 1. The number of nitrogens with zero attached hydrogens (tertiary/aromatic N) is 6. The first-order chi connectivity index (χ1) is 18.7. The third kappa shape index (κ3) is 5.71. The molecule has 4 aromatic rings. The van der Waals surface area contributed by atoms with Crippen molar-refractivity contribution in [3.05, 3.63) is 59.5 Å². The molecule has 0 spiro atoms. The third-order valence-electron chi connectivity index (χ3n) is 6.40. The molecule has 3 N–H and O–H groups in total. The zero-order valence-electron chi connectivity index (χ0n) is 20.9. The van der Waals surface area contributed by atoms with Crippen LogP contribution in [-0.4, -0.2) is 50.5 Å². The largest absolute Gasteiger partial charge is 0.439 e. The van der Waals surface area contributed by atoms with Gasteiger partial charge in [-0.15, -0.1) is 11.3 Å². The van der Waals surface area contributed by atoms with Crippen molar-refractivity contribution in [2.24, 2.45) is 18.7 Å². The summed E-state index contributed by atoms with van der Waals surface area (Å²) in [6, 6.07) is 5.79. The van der Waals surface area contributed by atoms with Crippen LogP contribution in [0.2, 0.25) is 0 Å². The van der Waals surface area contributed by atoms with Crippen LogP contribution >= 0.6 is 11.3 Å². The molecule has 0 bridgehead atoms. The van der Waals surface area contributed by atoms with Gasteiger partial charge >= 0.3 is 6.18 Å². The number of hydrogen-bond acceptors (Lipinski definition) is 9. The molecule has 10 nitrogen and oxygen atoms in total. The fraction of sp³-hybridized carbons (Fsp3) is 0.320. The van der Waals surface area contributed by atoms with Gasteiger partial charge in [-0.25, -0.2) is 9.67 Å². The van der Waals surface area contributed by atoms with Gasteiger partial charge in [-0.2, -0.15) is 28.5 Å². The van der Waals surface area contributed by atoms with Gasteiger partial charge in [0, 0.05) is 37.1 Å². The van der Waals surface area contributed by atoms with Gasteiger partial charge in [0.25, 0.3) is 5.91 Å². The first kappa shape index (κ1) is 26.6. The molecule has 1 fully saturated rings. The second kappa shape index (κ2) is 11.0. The van der Waals surface area contributed by atoms with Crippen LogP contribution < -0.4 is 20.7 Å². The van der Waals surface area contributed by atoms with Gasteiger partial charge in [0.2, 0.25) is 5.88 Å². The van der Waals surface area contributed by atoms with E-state index in [1.165, 1.54) is 52.8 Å². The maximum absolute atomic E-state index is 14.7. The number of piperidine rings is 1. The highest BCUT2D eigenvalue weighted by molar-refractivity contribution is 7.13. The van der Waals surface area contributed by atoms with E-state index < -0.39 is 23.4 Å². The number of hydrogen-bond donors (Lipinski definition) is 2. The summed E-state index contributed by atoms with van der Waals surface area (Å²) in [6.45, 7) is 1.03. The topological polar surface area (TPSA) is 124 Å². The van der Waals surface area contributed by atoms with E-state index in [-0.39, 0.29) is 28.9 Å². The summed E-state index contributed by atoms with van der Waals surface area (Å²) in [7, 11) is 1.57. The Bertz CT molecular complexity index is 1460. The summed E-state index contributed by atoms with van der Waals surface area (Å²) in [4.78, 5) is 19.2. The van der Waals surface area contributed by atoms with Crippen LogP contribution in [0, 0.1) is 5.92 Å². The third-order valence-corrected chi connectivity index (χ3v) is 7.29. The summed E-state index contributed by atoms with van der Waals surface area (Å²) in [5, 5.41) is 16.2. The van der Waals surface area contributed by atoms with Gasteiger partial charge in [0.15, 0.2) is 0 Å². The fourth-order valence-corrected chi connectivity index (χ4v) is 5.30. The predicted octanol–water partition coefficient (Wildman–Crippen LogP) is 4.57. The van der Waals surface area contributed by atoms with E-state index in [1.54, 1.807) is 23.4 Å². The molecule has 3 aromatic heterocycles. The van der Waals surface area contributed by atoms with Crippen molar-refractivity contribution in [3.8, 4) is 22.2 Å². The summed E-state index contributed by atoms with van der Waals surface area (Å²) >= 11 is 1.22. The average molecular weight is 559 g/mol. The molecule has 204 valence electrons. The number of anilines is 2. The van der Waals surface area contributed by atoms with E-state index in [4.69, 9.17) is 10.5 Å². The van der Waals surface area contributed by atoms with Gasteiger partial charge in [-0.1, -0.05) is 0 Å². The van der Waals surface area contributed by atoms with E-state index >= 15 is 0 Å². The minimum Gasteiger partial charge on any atom is -0.439 e. The second-order valence-corrected chi connectivity index (χ2v) is 9.90. The van der Waals surface area contributed by atoms with Crippen LogP contribution in [0.3, 0.4) is 0 Å². The van der Waals surface area contributed by atoms with Gasteiger partial charge in [0.1, 0.15) is 22.0 Å². The van der Waals surface area contributed by atoms with Crippen molar-refractivity contribution in [3.63, 3.8) is 0 Å². The van der Waals surface area contributed by atoms with Crippen molar-refractivity contribution >= 4 is 28.6 Å². The Labute approximate surface area is 225 Å².